The average Bonchev–Trinajstić information content (AvgIpc) is 2.99. The molecule has 0 atom stereocenters. The van der Waals surface area contributed by atoms with Gasteiger partial charge in [-0.3, -0.25) is 4.79 Å². The lowest BCUT2D eigenvalue weighted by Gasteiger charge is -2.08. The zero-order valence-corrected chi connectivity index (χ0v) is 14.7. The Labute approximate surface area is 141 Å². The van der Waals surface area contributed by atoms with Gasteiger partial charge in [0.15, 0.2) is 0 Å². The van der Waals surface area contributed by atoms with E-state index in [1.807, 2.05) is 12.1 Å². The Kier molecular flexibility index (Phi) is 5.73. The van der Waals surface area contributed by atoms with Gasteiger partial charge in [0, 0.05) is 16.7 Å². The van der Waals surface area contributed by atoms with Crippen LogP contribution >= 0.6 is 33.9 Å². The molecule has 0 bridgehead atoms. The quantitative estimate of drug-likeness (QED) is 0.538. The van der Waals surface area contributed by atoms with Gasteiger partial charge in [0.2, 0.25) is 10.0 Å². The van der Waals surface area contributed by atoms with Crippen molar-refractivity contribution in [2.24, 2.45) is 0 Å². The molecule has 0 saturated heterocycles. The molecule has 21 heavy (non-hydrogen) atoms. The van der Waals surface area contributed by atoms with Gasteiger partial charge in [0.25, 0.3) is 5.91 Å². The number of rotatable bonds is 6. The van der Waals surface area contributed by atoms with Crippen LogP contribution in [0.5, 0.6) is 0 Å². The second kappa shape index (κ2) is 7.34. The second-order valence-electron chi connectivity index (χ2n) is 4.07. The minimum atomic E-state index is -3.47. The molecule has 2 aromatic rings. The van der Waals surface area contributed by atoms with E-state index < -0.39 is 10.0 Å². The highest BCUT2D eigenvalue weighted by Crippen LogP contribution is 2.14. The predicted molar refractivity (Wildman–Crippen MR) is 91.0 cm³/mol. The lowest BCUT2D eigenvalue weighted by atomic mass is 10.2. The molecule has 0 saturated carbocycles. The lowest BCUT2D eigenvalue weighted by Crippen LogP contribution is -2.34. The molecular formula is C13H13IN2O3S2. The molecular weight excluding hydrogens is 423 g/mol. The Morgan fingerprint density at radius 2 is 1.90 bits per heavy atom. The third-order valence-electron chi connectivity index (χ3n) is 2.58. The number of hydrogen-bond acceptors (Lipinski definition) is 4. The van der Waals surface area contributed by atoms with Crippen LogP contribution in [0.1, 0.15) is 10.4 Å². The topological polar surface area (TPSA) is 75.3 Å². The first-order valence-corrected chi connectivity index (χ1v) is 9.51. The van der Waals surface area contributed by atoms with Crippen LogP contribution in [0.25, 0.3) is 0 Å². The molecule has 112 valence electrons. The zero-order chi connectivity index (χ0) is 15.3. The molecule has 0 radical (unpaired) electrons. The van der Waals surface area contributed by atoms with Crippen LogP contribution in [0.3, 0.4) is 0 Å². The summed E-state index contributed by atoms with van der Waals surface area (Å²) in [5, 5.41) is 4.39. The van der Waals surface area contributed by atoms with Gasteiger partial charge in [0.1, 0.15) is 4.21 Å². The second-order valence-corrected chi connectivity index (χ2v) is 8.17. The fourth-order valence-electron chi connectivity index (χ4n) is 1.59. The Balaban J connectivity index is 1.83. The number of halogens is 1. The SMILES string of the molecule is O=C(NCCNS(=O)(=O)c1cccs1)c1ccccc1I. The number of thiophene rings is 1. The Morgan fingerprint density at radius 1 is 1.14 bits per heavy atom. The molecule has 0 aliphatic carbocycles. The molecule has 0 aliphatic rings. The Bertz CT molecular complexity index is 715. The summed E-state index contributed by atoms with van der Waals surface area (Å²) in [7, 11) is -3.47. The number of carbonyl (C=O) groups is 1. The van der Waals surface area contributed by atoms with E-state index in [4.69, 9.17) is 0 Å². The van der Waals surface area contributed by atoms with Crippen molar-refractivity contribution in [1.29, 1.82) is 0 Å². The highest BCUT2D eigenvalue weighted by molar-refractivity contribution is 14.1. The Morgan fingerprint density at radius 3 is 2.57 bits per heavy atom. The van der Waals surface area contributed by atoms with Crippen LogP contribution in [-0.2, 0) is 10.0 Å². The molecule has 2 rings (SSSR count). The molecule has 2 N–H and O–H groups in total. The van der Waals surface area contributed by atoms with Gasteiger partial charge in [-0.25, -0.2) is 13.1 Å². The van der Waals surface area contributed by atoms with Crippen molar-refractivity contribution in [3.63, 3.8) is 0 Å². The van der Waals surface area contributed by atoms with Crippen LogP contribution in [0.2, 0.25) is 0 Å². The fraction of sp³-hybridized carbons (Fsp3) is 0.154. The molecule has 1 aromatic heterocycles. The summed E-state index contributed by atoms with van der Waals surface area (Å²) in [4.78, 5) is 11.9. The van der Waals surface area contributed by atoms with Crippen molar-refractivity contribution >= 4 is 49.9 Å². The zero-order valence-electron chi connectivity index (χ0n) is 10.9. The van der Waals surface area contributed by atoms with Gasteiger partial charge in [-0.1, -0.05) is 18.2 Å². The molecule has 1 aromatic carbocycles. The molecule has 5 nitrogen and oxygen atoms in total. The molecule has 8 heteroatoms. The van der Waals surface area contributed by atoms with Gasteiger partial charge in [0.05, 0.1) is 5.56 Å². The first-order valence-electron chi connectivity index (χ1n) is 6.06. The average molecular weight is 436 g/mol. The number of carbonyl (C=O) groups excluding carboxylic acids is 1. The fourth-order valence-corrected chi connectivity index (χ4v) is 4.29. The predicted octanol–water partition coefficient (Wildman–Crippen LogP) is 2.06. The molecule has 0 unspecified atom stereocenters. The summed E-state index contributed by atoms with van der Waals surface area (Å²) in [5.41, 5.74) is 0.583. The van der Waals surface area contributed by atoms with E-state index in [9.17, 15) is 13.2 Å². The Hall–Kier alpha value is -0.970. The van der Waals surface area contributed by atoms with Gasteiger partial charge in [-0.05, 0) is 46.2 Å². The maximum atomic E-state index is 11.9. The van der Waals surface area contributed by atoms with Crippen molar-refractivity contribution < 1.29 is 13.2 Å². The largest absolute Gasteiger partial charge is 0.351 e. The number of sulfonamides is 1. The highest BCUT2D eigenvalue weighted by atomic mass is 127. The number of hydrogen-bond donors (Lipinski definition) is 2. The van der Waals surface area contributed by atoms with E-state index in [0.29, 0.717) is 5.56 Å². The van der Waals surface area contributed by atoms with Crippen molar-refractivity contribution in [1.82, 2.24) is 10.0 Å². The monoisotopic (exact) mass is 436 g/mol. The van der Waals surface area contributed by atoms with E-state index in [1.165, 1.54) is 6.07 Å². The number of benzene rings is 1. The molecule has 0 aliphatic heterocycles. The van der Waals surface area contributed by atoms with E-state index >= 15 is 0 Å². The summed E-state index contributed by atoms with van der Waals surface area (Å²) >= 11 is 3.24. The van der Waals surface area contributed by atoms with E-state index in [2.05, 4.69) is 32.6 Å². The summed E-state index contributed by atoms with van der Waals surface area (Å²) < 4.78 is 27.3. The number of amides is 1. The molecule has 0 fully saturated rings. The summed E-state index contributed by atoms with van der Waals surface area (Å²) in [5.74, 6) is -0.213. The minimum absolute atomic E-state index is 0.148. The normalized spacial score (nSPS) is 11.3. The van der Waals surface area contributed by atoms with Crippen LogP contribution in [0, 0.1) is 3.57 Å². The van der Waals surface area contributed by atoms with Gasteiger partial charge >= 0.3 is 0 Å². The van der Waals surface area contributed by atoms with Crippen LogP contribution in [0.4, 0.5) is 0 Å². The van der Waals surface area contributed by atoms with E-state index in [0.717, 1.165) is 14.9 Å². The van der Waals surface area contributed by atoms with Crippen LogP contribution in [0.15, 0.2) is 46.0 Å². The standard InChI is InChI=1S/C13H13IN2O3S2/c14-11-5-2-1-4-10(11)13(17)15-7-8-16-21(18,19)12-6-3-9-20-12/h1-6,9,16H,7-8H2,(H,15,17). The third-order valence-corrected chi connectivity index (χ3v) is 6.38. The summed E-state index contributed by atoms with van der Waals surface area (Å²) in [6.07, 6.45) is 0. The van der Waals surface area contributed by atoms with Crippen molar-refractivity contribution in [3.05, 3.63) is 50.9 Å². The van der Waals surface area contributed by atoms with Gasteiger partial charge in [-0.15, -0.1) is 11.3 Å². The first kappa shape index (κ1) is 16.4. The summed E-state index contributed by atoms with van der Waals surface area (Å²) in [6, 6.07) is 10.4. The maximum Gasteiger partial charge on any atom is 0.252 e. The van der Waals surface area contributed by atoms with Crippen LogP contribution < -0.4 is 10.0 Å². The van der Waals surface area contributed by atoms with Crippen LogP contribution in [-0.4, -0.2) is 27.4 Å². The minimum Gasteiger partial charge on any atom is -0.351 e. The van der Waals surface area contributed by atoms with Gasteiger partial charge in [-0.2, -0.15) is 0 Å². The highest BCUT2D eigenvalue weighted by Gasteiger charge is 2.14. The third kappa shape index (κ3) is 4.50. The van der Waals surface area contributed by atoms with Crippen molar-refractivity contribution in [3.8, 4) is 0 Å². The maximum absolute atomic E-state index is 11.9. The molecule has 1 heterocycles. The summed E-state index contributed by atoms with van der Waals surface area (Å²) in [6.45, 7) is 0.379. The smallest absolute Gasteiger partial charge is 0.252 e. The van der Waals surface area contributed by atoms with Crippen molar-refractivity contribution in [2.75, 3.05) is 13.1 Å². The van der Waals surface area contributed by atoms with Crippen molar-refractivity contribution in [2.45, 2.75) is 4.21 Å². The molecule has 0 spiro atoms. The van der Waals surface area contributed by atoms with Gasteiger partial charge < -0.3 is 5.32 Å². The first-order chi connectivity index (χ1) is 10.0. The number of nitrogens with one attached hydrogen (secondary N) is 2. The lowest BCUT2D eigenvalue weighted by molar-refractivity contribution is 0.0953. The molecule has 1 amide bonds. The van der Waals surface area contributed by atoms with E-state index in [1.54, 1.807) is 23.6 Å². The van der Waals surface area contributed by atoms with E-state index in [-0.39, 0.29) is 23.2 Å².